The molecule has 29 heavy (non-hydrogen) atoms. The Bertz CT molecular complexity index is 781. The molecule has 0 aromatic heterocycles. The number of ketones is 1. The van der Waals surface area contributed by atoms with Gasteiger partial charge in [0.2, 0.25) is 6.10 Å². The van der Waals surface area contributed by atoms with Gasteiger partial charge in [0.1, 0.15) is 5.78 Å². The van der Waals surface area contributed by atoms with Crippen molar-refractivity contribution >= 4 is 23.5 Å². The maximum Gasteiger partial charge on any atom is 0.410 e. The van der Waals surface area contributed by atoms with Gasteiger partial charge in [-0.2, -0.15) is 0 Å². The Morgan fingerprint density at radius 1 is 1.21 bits per heavy atom. The minimum absolute atomic E-state index is 0.0176. The van der Waals surface area contributed by atoms with Crippen molar-refractivity contribution in [3.63, 3.8) is 0 Å². The Hall–Kier alpha value is -3.37. The normalized spacial score (nSPS) is 11.2. The molecular formula is C18H25N3O8. The smallest absolute Gasteiger partial charge is 0.410 e. The molecule has 1 aromatic carbocycles. The van der Waals surface area contributed by atoms with Crippen molar-refractivity contribution in [2.24, 2.45) is 0 Å². The first-order valence-electron chi connectivity index (χ1n) is 8.69. The molecular weight excluding hydrogens is 386 g/mol. The Morgan fingerprint density at radius 3 is 2.28 bits per heavy atom. The maximum absolute atomic E-state index is 12.4. The number of benzene rings is 1. The zero-order valence-corrected chi connectivity index (χ0v) is 17.0. The molecule has 1 atom stereocenters. The molecule has 1 rings (SSSR count). The number of carbonyl (C=O) groups is 3. The molecule has 0 saturated heterocycles. The fourth-order valence-corrected chi connectivity index (χ4v) is 2.49. The van der Waals surface area contributed by atoms with Crippen LogP contribution in [0.4, 0.5) is 10.5 Å². The summed E-state index contributed by atoms with van der Waals surface area (Å²) in [6.45, 7) is 1.66. The number of nitrogens with zero attached hydrogens (tertiary/aromatic N) is 2. The minimum Gasteiger partial charge on any atom is -0.493 e. The number of nitro groups is 1. The largest absolute Gasteiger partial charge is 0.493 e. The van der Waals surface area contributed by atoms with E-state index in [1.54, 1.807) is 0 Å². The Morgan fingerprint density at radius 2 is 1.79 bits per heavy atom. The number of methoxy groups -OCH3 is 2. The van der Waals surface area contributed by atoms with Crippen LogP contribution < -0.4 is 14.8 Å². The molecule has 0 spiro atoms. The van der Waals surface area contributed by atoms with Gasteiger partial charge in [-0.05, 0) is 19.4 Å². The van der Waals surface area contributed by atoms with Crippen LogP contribution in [-0.4, -0.2) is 62.5 Å². The maximum atomic E-state index is 12.4. The molecule has 2 amide bonds. The van der Waals surface area contributed by atoms with Crippen LogP contribution in [0.2, 0.25) is 0 Å². The zero-order chi connectivity index (χ0) is 22.1. The monoisotopic (exact) mass is 411 g/mol. The predicted octanol–water partition coefficient (Wildman–Crippen LogP) is 1.84. The van der Waals surface area contributed by atoms with Gasteiger partial charge in [0, 0.05) is 27.1 Å². The van der Waals surface area contributed by atoms with Crippen LogP contribution in [0.1, 0.15) is 31.4 Å². The quantitative estimate of drug-likeness (QED) is 0.455. The van der Waals surface area contributed by atoms with E-state index in [0.717, 1.165) is 6.07 Å². The first kappa shape index (κ1) is 23.7. The molecule has 160 valence electrons. The van der Waals surface area contributed by atoms with Gasteiger partial charge in [0.25, 0.3) is 11.6 Å². The lowest BCUT2D eigenvalue weighted by molar-refractivity contribution is -0.386. The van der Waals surface area contributed by atoms with Gasteiger partial charge in [-0.1, -0.05) is 0 Å². The van der Waals surface area contributed by atoms with Gasteiger partial charge in [0.05, 0.1) is 30.8 Å². The van der Waals surface area contributed by atoms with Crippen LogP contribution in [0, 0.1) is 10.1 Å². The summed E-state index contributed by atoms with van der Waals surface area (Å²) in [5.41, 5.74) is -0.638. The molecule has 1 unspecified atom stereocenters. The third-order valence-electron chi connectivity index (χ3n) is 4.05. The molecule has 0 heterocycles. The van der Waals surface area contributed by atoms with Gasteiger partial charge < -0.3 is 29.2 Å². The lowest BCUT2D eigenvalue weighted by Gasteiger charge is -2.22. The van der Waals surface area contributed by atoms with Crippen molar-refractivity contribution in [3.8, 4) is 11.5 Å². The van der Waals surface area contributed by atoms with Gasteiger partial charge >= 0.3 is 6.09 Å². The third-order valence-corrected chi connectivity index (χ3v) is 4.05. The van der Waals surface area contributed by atoms with Gasteiger partial charge in [-0.3, -0.25) is 14.9 Å². The van der Waals surface area contributed by atoms with Gasteiger partial charge in [0.15, 0.2) is 11.5 Å². The summed E-state index contributed by atoms with van der Waals surface area (Å²) in [6.07, 6.45) is -1.76. The number of nitro benzene ring substituents is 1. The summed E-state index contributed by atoms with van der Waals surface area (Å²) in [6, 6.07) is 2.31. The van der Waals surface area contributed by atoms with Crippen LogP contribution >= 0.6 is 0 Å². The zero-order valence-electron chi connectivity index (χ0n) is 17.0. The average molecular weight is 411 g/mol. The highest BCUT2D eigenvalue weighted by Crippen LogP contribution is 2.38. The highest BCUT2D eigenvalue weighted by molar-refractivity contribution is 5.86. The van der Waals surface area contributed by atoms with E-state index < -0.39 is 28.7 Å². The lowest BCUT2D eigenvalue weighted by atomic mass is 10.0. The van der Waals surface area contributed by atoms with Crippen LogP contribution in [0.3, 0.4) is 0 Å². The van der Waals surface area contributed by atoms with E-state index in [4.69, 9.17) is 14.2 Å². The number of hydrogen-bond donors (Lipinski definition) is 1. The van der Waals surface area contributed by atoms with E-state index in [0.29, 0.717) is 6.42 Å². The first-order chi connectivity index (χ1) is 13.7. The topological polar surface area (TPSA) is 137 Å². The number of nitrogens with one attached hydrogen (secondary N) is 1. The van der Waals surface area contributed by atoms with Crippen molar-refractivity contribution in [3.05, 3.63) is 27.8 Å². The minimum atomic E-state index is -1.59. The van der Waals surface area contributed by atoms with E-state index in [2.05, 4.69) is 5.32 Å². The van der Waals surface area contributed by atoms with Crippen LogP contribution in [0.25, 0.3) is 0 Å². The van der Waals surface area contributed by atoms with Gasteiger partial charge in [-0.25, -0.2) is 4.79 Å². The number of rotatable bonds is 10. The average Bonchev–Trinajstić information content (AvgIpc) is 2.69. The predicted molar refractivity (Wildman–Crippen MR) is 102 cm³/mol. The second kappa shape index (κ2) is 10.8. The second-order valence-electron chi connectivity index (χ2n) is 6.13. The summed E-state index contributed by atoms with van der Waals surface area (Å²) >= 11 is 0. The van der Waals surface area contributed by atoms with Crippen molar-refractivity contribution < 1.29 is 33.5 Å². The number of hydrogen-bond acceptors (Lipinski definition) is 8. The van der Waals surface area contributed by atoms with Crippen molar-refractivity contribution in [1.29, 1.82) is 0 Å². The molecule has 0 saturated carbocycles. The number of likely N-dealkylation sites (N-methyl/N-ethyl adjacent to an activating group) is 1. The summed E-state index contributed by atoms with van der Waals surface area (Å²) in [5, 5.41) is 13.8. The molecule has 1 N–H and O–H groups in total. The van der Waals surface area contributed by atoms with Crippen molar-refractivity contribution in [2.45, 2.75) is 25.9 Å². The van der Waals surface area contributed by atoms with Crippen LogP contribution in [-0.2, 0) is 14.3 Å². The van der Waals surface area contributed by atoms with Crippen molar-refractivity contribution in [2.75, 3.05) is 34.9 Å². The summed E-state index contributed by atoms with van der Waals surface area (Å²) in [4.78, 5) is 47.8. The molecule has 0 aliphatic carbocycles. The van der Waals surface area contributed by atoms with E-state index >= 15 is 0 Å². The molecule has 0 aliphatic heterocycles. The summed E-state index contributed by atoms with van der Waals surface area (Å²) in [5.74, 6) is -0.555. The molecule has 1 aromatic rings. The molecule has 0 fully saturated rings. The molecule has 0 bridgehead atoms. The second-order valence-corrected chi connectivity index (χ2v) is 6.13. The number of Topliss-reactive ketones (excluding diaryl/α,β-unsaturated/α-hetero) is 1. The summed E-state index contributed by atoms with van der Waals surface area (Å²) < 4.78 is 15.5. The van der Waals surface area contributed by atoms with Crippen LogP contribution in [0.5, 0.6) is 11.5 Å². The standard InChI is InChI=1S/C18H25N3O8/c1-11(22)7-6-8-20(3)18(24)29-16(17(23)19-2)12-9-14(27-4)15(28-5)10-13(12)21(25)26/h9-10,16H,6-8H2,1-5H3,(H,19,23). The van der Waals surface area contributed by atoms with E-state index in [-0.39, 0.29) is 35.8 Å². The first-order valence-corrected chi connectivity index (χ1v) is 8.69. The number of carbonyl (C=O) groups excluding carboxylic acids is 3. The highest BCUT2D eigenvalue weighted by atomic mass is 16.6. The highest BCUT2D eigenvalue weighted by Gasteiger charge is 2.34. The fraction of sp³-hybridized carbons (Fsp3) is 0.500. The molecule has 11 nitrogen and oxygen atoms in total. The number of ether oxygens (including phenoxy) is 3. The Balaban J connectivity index is 3.24. The fourth-order valence-electron chi connectivity index (χ4n) is 2.49. The lowest BCUT2D eigenvalue weighted by Crippen LogP contribution is -2.35. The molecule has 0 radical (unpaired) electrons. The molecule has 0 aliphatic rings. The third kappa shape index (κ3) is 6.33. The Kier molecular flexibility index (Phi) is 8.84. The van der Waals surface area contributed by atoms with Gasteiger partial charge in [-0.15, -0.1) is 0 Å². The number of amides is 2. The van der Waals surface area contributed by atoms with Crippen molar-refractivity contribution in [1.82, 2.24) is 10.2 Å². The SMILES string of the molecule is CNC(=O)C(OC(=O)N(C)CCCC(C)=O)c1cc(OC)c(OC)cc1[N+](=O)[O-]. The van der Waals surface area contributed by atoms with E-state index in [1.807, 2.05) is 0 Å². The van der Waals surface area contributed by atoms with Crippen LogP contribution in [0.15, 0.2) is 12.1 Å². The summed E-state index contributed by atoms with van der Waals surface area (Å²) in [7, 11) is 5.39. The van der Waals surface area contributed by atoms with E-state index in [1.165, 1.54) is 46.2 Å². The molecule has 11 heteroatoms. The Labute approximate surface area is 168 Å². The van der Waals surface area contributed by atoms with E-state index in [9.17, 15) is 24.5 Å².